The molecule has 3 N–H and O–H groups in total. The van der Waals surface area contributed by atoms with E-state index in [1.165, 1.54) is 0 Å². The van der Waals surface area contributed by atoms with Crippen LogP contribution in [0.1, 0.15) is 5.56 Å². The van der Waals surface area contributed by atoms with Crippen molar-refractivity contribution in [3.8, 4) is 0 Å². The molecule has 0 amide bonds. The first-order valence-electron chi connectivity index (χ1n) is 4.40. The molecular formula is C10H12O4. The Morgan fingerprint density at radius 2 is 1.86 bits per heavy atom. The van der Waals surface area contributed by atoms with Crippen LogP contribution in [-0.4, -0.2) is 34.3 Å². The Labute approximate surface area is 81.4 Å². The van der Waals surface area contributed by atoms with Gasteiger partial charge in [0, 0.05) is 0 Å². The smallest absolute Gasteiger partial charge is 0.184 e. The molecule has 0 spiro atoms. The molecule has 1 unspecified atom stereocenters. The van der Waals surface area contributed by atoms with Gasteiger partial charge in [0.25, 0.3) is 0 Å². The molecule has 0 radical (unpaired) electrons. The van der Waals surface area contributed by atoms with Gasteiger partial charge in [-0.15, -0.1) is 0 Å². The van der Waals surface area contributed by atoms with Crippen LogP contribution in [0, 0.1) is 0 Å². The molecule has 4 heteroatoms. The van der Waals surface area contributed by atoms with Gasteiger partial charge in [-0.1, -0.05) is 30.3 Å². The van der Waals surface area contributed by atoms with E-state index in [4.69, 9.17) is 9.84 Å². The summed E-state index contributed by atoms with van der Waals surface area (Å²) < 4.78 is 4.79. The minimum Gasteiger partial charge on any atom is -0.384 e. The zero-order valence-electron chi connectivity index (χ0n) is 7.50. The summed E-state index contributed by atoms with van der Waals surface area (Å²) in [5.74, 6) is 0. The Morgan fingerprint density at radius 3 is 2.36 bits per heavy atom. The number of benzene rings is 1. The summed E-state index contributed by atoms with van der Waals surface area (Å²) in [5, 5.41) is 28.8. The van der Waals surface area contributed by atoms with Crippen LogP contribution in [0.4, 0.5) is 0 Å². The fourth-order valence-corrected chi connectivity index (χ4v) is 1.61. The number of ether oxygens (including phenoxy) is 1. The second-order valence-corrected chi connectivity index (χ2v) is 3.44. The van der Waals surface area contributed by atoms with Crippen molar-refractivity contribution < 1.29 is 20.1 Å². The second kappa shape index (κ2) is 3.33. The van der Waals surface area contributed by atoms with Gasteiger partial charge in [0.1, 0.15) is 11.7 Å². The number of aliphatic hydroxyl groups is 3. The summed E-state index contributed by atoms with van der Waals surface area (Å²) in [6.45, 7) is -0.0979. The van der Waals surface area contributed by atoms with Crippen molar-refractivity contribution >= 4 is 0 Å². The maximum atomic E-state index is 10.1. The van der Waals surface area contributed by atoms with Gasteiger partial charge in [-0.05, 0) is 5.56 Å². The van der Waals surface area contributed by atoms with Crippen LogP contribution in [0.25, 0.3) is 0 Å². The summed E-state index contributed by atoms with van der Waals surface area (Å²) >= 11 is 0. The standard InChI is InChI=1S/C10H12O4/c11-8-9(12)14-6-10(8,13)7-4-2-1-3-5-7/h1-5,8-9,11-13H,6H2/t8-,9?,10-/m1/s1. The Balaban J connectivity index is 2.34. The molecule has 0 aliphatic carbocycles. The molecular weight excluding hydrogens is 184 g/mol. The molecule has 1 aromatic rings. The maximum Gasteiger partial charge on any atom is 0.184 e. The molecule has 0 saturated carbocycles. The van der Waals surface area contributed by atoms with Gasteiger partial charge in [0.15, 0.2) is 6.29 Å². The fraction of sp³-hybridized carbons (Fsp3) is 0.400. The molecule has 2 rings (SSSR count). The largest absolute Gasteiger partial charge is 0.384 e. The van der Waals surface area contributed by atoms with E-state index < -0.39 is 18.0 Å². The van der Waals surface area contributed by atoms with Crippen LogP contribution in [0.15, 0.2) is 30.3 Å². The lowest BCUT2D eigenvalue weighted by Crippen LogP contribution is -2.41. The first-order chi connectivity index (χ1) is 6.64. The van der Waals surface area contributed by atoms with Crippen molar-refractivity contribution in [2.75, 3.05) is 6.61 Å². The first kappa shape index (κ1) is 9.61. The topological polar surface area (TPSA) is 69.9 Å². The summed E-state index contributed by atoms with van der Waals surface area (Å²) in [6, 6.07) is 8.69. The predicted molar refractivity (Wildman–Crippen MR) is 48.3 cm³/mol. The number of hydrogen-bond donors (Lipinski definition) is 3. The van der Waals surface area contributed by atoms with E-state index in [9.17, 15) is 10.2 Å². The van der Waals surface area contributed by atoms with Crippen molar-refractivity contribution in [2.45, 2.75) is 18.0 Å². The van der Waals surface area contributed by atoms with Gasteiger partial charge in [-0.2, -0.15) is 0 Å². The minimum absolute atomic E-state index is 0.0979. The first-order valence-corrected chi connectivity index (χ1v) is 4.40. The van der Waals surface area contributed by atoms with Gasteiger partial charge >= 0.3 is 0 Å². The zero-order valence-corrected chi connectivity index (χ0v) is 7.50. The quantitative estimate of drug-likeness (QED) is 0.570. The van der Waals surface area contributed by atoms with Crippen LogP contribution < -0.4 is 0 Å². The SMILES string of the molecule is OC1OC[C@@](O)(c2ccccc2)[C@@H]1O. The van der Waals surface area contributed by atoms with E-state index in [0.717, 1.165) is 0 Å². The summed E-state index contributed by atoms with van der Waals surface area (Å²) in [6.07, 6.45) is -2.62. The lowest BCUT2D eigenvalue weighted by Gasteiger charge is -2.25. The number of rotatable bonds is 1. The van der Waals surface area contributed by atoms with Crippen LogP contribution in [0.2, 0.25) is 0 Å². The monoisotopic (exact) mass is 196 g/mol. The third-order valence-corrected chi connectivity index (χ3v) is 2.51. The van der Waals surface area contributed by atoms with E-state index in [2.05, 4.69) is 0 Å². The summed E-state index contributed by atoms with van der Waals surface area (Å²) in [4.78, 5) is 0. The molecule has 1 aliphatic heterocycles. The zero-order chi connectivity index (χ0) is 10.2. The maximum absolute atomic E-state index is 10.1. The number of hydrogen-bond acceptors (Lipinski definition) is 4. The molecule has 14 heavy (non-hydrogen) atoms. The second-order valence-electron chi connectivity index (χ2n) is 3.44. The van der Waals surface area contributed by atoms with Gasteiger partial charge in [0.2, 0.25) is 0 Å². The van der Waals surface area contributed by atoms with E-state index in [-0.39, 0.29) is 6.61 Å². The highest BCUT2D eigenvalue weighted by molar-refractivity contribution is 5.25. The lowest BCUT2D eigenvalue weighted by atomic mass is 9.90. The van der Waals surface area contributed by atoms with Crippen LogP contribution in [0.3, 0.4) is 0 Å². The van der Waals surface area contributed by atoms with E-state index in [1.807, 2.05) is 6.07 Å². The predicted octanol–water partition coefficient (Wildman–Crippen LogP) is -0.416. The minimum atomic E-state index is -1.50. The fourth-order valence-electron chi connectivity index (χ4n) is 1.61. The average Bonchev–Trinajstić information content (AvgIpc) is 2.49. The van der Waals surface area contributed by atoms with Gasteiger partial charge in [0.05, 0.1) is 6.61 Å². The molecule has 76 valence electrons. The summed E-state index contributed by atoms with van der Waals surface area (Å²) in [7, 11) is 0. The Hall–Kier alpha value is -0.940. The van der Waals surface area contributed by atoms with Gasteiger partial charge in [-0.25, -0.2) is 0 Å². The van der Waals surface area contributed by atoms with Crippen LogP contribution in [-0.2, 0) is 10.3 Å². The van der Waals surface area contributed by atoms with E-state index in [1.54, 1.807) is 24.3 Å². The highest BCUT2D eigenvalue weighted by Gasteiger charge is 2.48. The van der Waals surface area contributed by atoms with Crippen LogP contribution >= 0.6 is 0 Å². The van der Waals surface area contributed by atoms with Crippen molar-refractivity contribution in [1.29, 1.82) is 0 Å². The van der Waals surface area contributed by atoms with Crippen LogP contribution in [0.5, 0.6) is 0 Å². The molecule has 1 heterocycles. The van der Waals surface area contributed by atoms with Crippen molar-refractivity contribution in [1.82, 2.24) is 0 Å². The van der Waals surface area contributed by atoms with Crippen molar-refractivity contribution in [2.24, 2.45) is 0 Å². The molecule has 3 atom stereocenters. The van der Waals surface area contributed by atoms with Gasteiger partial charge in [-0.3, -0.25) is 0 Å². The van der Waals surface area contributed by atoms with Crippen molar-refractivity contribution in [3.05, 3.63) is 35.9 Å². The Bertz CT molecular complexity index is 313. The molecule has 0 bridgehead atoms. The summed E-state index contributed by atoms with van der Waals surface area (Å²) in [5.41, 5.74) is -0.954. The molecule has 1 fully saturated rings. The molecule has 4 nitrogen and oxygen atoms in total. The average molecular weight is 196 g/mol. The normalized spacial score (nSPS) is 37.4. The van der Waals surface area contributed by atoms with Gasteiger partial charge < -0.3 is 20.1 Å². The highest BCUT2D eigenvalue weighted by Crippen LogP contribution is 2.33. The number of aliphatic hydroxyl groups excluding tert-OH is 2. The van der Waals surface area contributed by atoms with Crippen molar-refractivity contribution in [3.63, 3.8) is 0 Å². The Morgan fingerprint density at radius 1 is 1.21 bits per heavy atom. The third-order valence-electron chi connectivity index (χ3n) is 2.51. The molecule has 1 aliphatic rings. The highest BCUT2D eigenvalue weighted by atomic mass is 16.6. The molecule has 1 aromatic carbocycles. The lowest BCUT2D eigenvalue weighted by molar-refractivity contribution is -0.122. The molecule has 1 saturated heterocycles. The van der Waals surface area contributed by atoms with E-state index >= 15 is 0 Å². The molecule has 0 aromatic heterocycles. The Kier molecular flexibility index (Phi) is 2.28. The third kappa shape index (κ3) is 1.33. The van der Waals surface area contributed by atoms with E-state index in [0.29, 0.717) is 5.56 Å².